The summed E-state index contributed by atoms with van der Waals surface area (Å²) in [6, 6.07) is 4.82. The van der Waals surface area contributed by atoms with Crippen molar-refractivity contribution >= 4 is 35.0 Å². The van der Waals surface area contributed by atoms with Crippen LogP contribution in [0.3, 0.4) is 0 Å². The topological polar surface area (TPSA) is 58.6 Å². The molecule has 1 aliphatic rings. The summed E-state index contributed by atoms with van der Waals surface area (Å²) in [5.41, 5.74) is 0. The summed E-state index contributed by atoms with van der Waals surface area (Å²) in [6.07, 6.45) is 1.80. The Hall–Kier alpha value is -1.46. The van der Waals surface area contributed by atoms with E-state index in [9.17, 15) is 9.59 Å². The smallest absolute Gasteiger partial charge is 0.260 e. The standard InChI is InChI=1S/C18H24Cl2N2O3/c1-12-4-3-9-22(11-12)17(23)7-8-21-18(24)13(2)25-16-6-5-14(19)10-15(16)20/h5-6,10,12-13H,3-4,7-9,11H2,1-2H3,(H,21,24). The molecule has 25 heavy (non-hydrogen) atoms. The molecule has 1 fully saturated rings. The van der Waals surface area contributed by atoms with Crippen molar-refractivity contribution in [2.75, 3.05) is 19.6 Å². The van der Waals surface area contributed by atoms with Crippen LogP contribution in [0.1, 0.15) is 33.1 Å². The van der Waals surface area contributed by atoms with Gasteiger partial charge in [-0.1, -0.05) is 30.1 Å². The average molecular weight is 387 g/mol. The van der Waals surface area contributed by atoms with E-state index in [1.54, 1.807) is 25.1 Å². The molecule has 0 saturated carbocycles. The second-order valence-corrected chi connectivity index (χ2v) is 7.31. The SMILES string of the molecule is CC1CCCN(C(=O)CCNC(=O)C(C)Oc2ccc(Cl)cc2Cl)C1. The Morgan fingerprint density at radius 1 is 1.40 bits per heavy atom. The number of nitrogens with one attached hydrogen (secondary N) is 1. The Kier molecular flexibility index (Phi) is 7.38. The molecule has 1 aromatic carbocycles. The van der Waals surface area contributed by atoms with E-state index in [1.165, 1.54) is 6.42 Å². The molecule has 1 aromatic rings. The van der Waals surface area contributed by atoms with Crippen LogP contribution in [0.5, 0.6) is 5.75 Å². The van der Waals surface area contributed by atoms with Gasteiger partial charge in [0.1, 0.15) is 5.75 Å². The van der Waals surface area contributed by atoms with Crippen LogP contribution in [0, 0.1) is 5.92 Å². The van der Waals surface area contributed by atoms with Crippen molar-refractivity contribution in [2.45, 2.75) is 39.2 Å². The molecular formula is C18H24Cl2N2O3. The summed E-state index contributed by atoms with van der Waals surface area (Å²) in [5.74, 6) is 0.740. The molecule has 5 nitrogen and oxygen atoms in total. The predicted octanol–water partition coefficient (Wildman–Crippen LogP) is 3.53. The first-order valence-electron chi connectivity index (χ1n) is 8.54. The zero-order valence-electron chi connectivity index (χ0n) is 14.6. The van der Waals surface area contributed by atoms with Crippen molar-refractivity contribution in [1.82, 2.24) is 10.2 Å². The zero-order chi connectivity index (χ0) is 18.4. The number of benzene rings is 1. The Balaban J connectivity index is 1.74. The number of carbonyl (C=O) groups is 2. The van der Waals surface area contributed by atoms with Crippen LogP contribution >= 0.6 is 23.2 Å². The lowest BCUT2D eigenvalue weighted by atomic mass is 10.00. The molecule has 2 rings (SSSR count). The Bertz CT molecular complexity index is 624. The maximum absolute atomic E-state index is 12.2. The van der Waals surface area contributed by atoms with E-state index < -0.39 is 6.10 Å². The van der Waals surface area contributed by atoms with Crippen molar-refractivity contribution in [3.05, 3.63) is 28.2 Å². The highest BCUT2D eigenvalue weighted by atomic mass is 35.5. The van der Waals surface area contributed by atoms with Crippen LogP contribution < -0.4 is 10.1 Å². The Morgan fingerprint density at radius 2 is 2.16 bits per heavy atom. The largest absolute Gasteiger partial charge is 0.479 e. The number of ether oxygens (including phenoxy) is 1. The fraction of sp³-hybridized carbons (Fsp3) is 0.556. The number of amides is 2. The van der Waals surface area contributed by atoms with E-state index in [2.05, 4.69) is 12.2 Å². The Morgan fingerprint density at radius 3 is 2.84 bits per heavy atom. The molecule has 1 heterocycles. The van der Waals surface area contributed by atoms with Crippen LogP contribution in [-0.4, -0.2) is 42.5 Å². The van der Waals surface area contributed by atoms with Crippen LogP contribution in [0.4, 0.5) is 0 Å². The van der Waals surface area contributed by atoms with Gasteiger partial charge in [0.05, 0.1) is 5.02 Å². The second-order valence-electron chi connectivity index (χ2n) is 6.46. The molecule has 0 spiro atoms. The summed E-state index contributed by atoms with van der Waals surface area (Å²) >= 11 is 11.9. The molecule has 138 valence electrons. The molecule has 2 atom stereocenters. The van der Waals surface area contributed by atoms with Crippen LogP contribution in [0.15, 0.2) is 18.2 Å². The van der Waals surface area contributed by atoms with Crippen LogP contribution in [0.25, 0.3) is 0 Å². The predicted molar refractivity (Wildman–Crippen MR) is 99.2 cm³/mol. The van der Waals surface area contributed by atoms with Crippen molar-refractivity contribution in [3.63, 3.8) is 0 Å². The number of carbonyl (C=O) groups excluding carboxylic acids is 2. The van der Waals surface area contributed by atoms with Crippen molar-refractivity contribution in [1.29, 1.82) is 0 Å². The number of hydrogen-bond donors (Lipinski definition) is 1. The van der Waals surface area contributed by atoms with Gasteiger partial charge in [-0.25, -0.2) is 0 Å². The normalized spacial score (nSPS) is 18.6. The van der Waals surface area contributed by atoms with Gasteiger partial charge < -0.3 is 15.0 Å². The van der Waals surface area contributed by atoms with Crippen LogP contribution in [0.2, 0.25) is 10.0 Å². The van der Waals surface area contributed by atoms with Gasteiger partial charge in [0, 0.05) is 31.1 Å². The summed E-state index contributed by atoms with van der Waals surface area (Å²) < 4.78 is 5.55. The van der Waals surface area contributed by atoms with E-state index in [0.717, 1.165) is 19.5 Å². The first kappa shape index (κ1) is 19.9. The third-order valence-corrected chi connectivity index (χ3v) is 4.75. The molecule has 0 bridgehead atoms. The van der Waals surface area contributed by atoms with Gasteiger partial charge in [-0.3, -0.25) is 9.59 Å². The molecule has 1 N–H and O–H groups in total. The molecule has 2 amide bonds. The lowest BCUT2D eigenvalue weighted by Crippen LogP contribution is -2.42. The van der Waals surface area contributed by atoms with Crippen molar-refractivity contribution < 1.29 is 14.3 Å². The molecule has 0 radical (unpaired) electrons. The molecule has 2 unspecified atom stereocenters. The first-order chi connectivity index (χ1) is 11.9. The third-order valence-electron chi connectivity index (χ3n) is 4.21. The maximum Gasteiger partial charge on any atom is 0.260 e. The lowest BCUT2D eigenvalue weighted by Gasteiger charge is -2.31. The van der Waals surface area contributed by atoms with E-state index in [-0.39, 0.29) is 11.8 Å². The summed E-state index contributed by atoms with van der Waals surface area (Å²) in [7, 11) is 0. The molecule has 0 aromatic heterocycles. The van der Waals surface area contributed by atoms with E-state index in [4.69, 9.17) is 27.9 Å². The number of halogens is 2. The third kappa shape index (κ3) is 6.08. The summed E-state index contributed by atoms with van der Waals surface area (Å²) in [5, 5.41) is 3.58. The minimum Gasteiger partial charge on any atom is -0.479 e. The molecular weight excluding hydrogens is 363 g/mol. The average Bonchev–Trinajstić information content (AvgIpc) is 2.57. The number of rotatable bonds is 6. The van der Waals surface area contributed by atoms with Gasteiger partial charge in [-0.05, 0) is 43.9 Å². The number of likely N-dealkylation sites (tertiary alicyclic amines) is 1. The van der Waals surface area contributed by atoms with Gasteiger partial charge in [0.25, 0.3) is 5.91 Å². The molecule has 7 heteroatoms. The number of hydrogen-bond acceptors (Lipinski definition) is 3. The van der Waals surface area contributed by atoms with Crippen LogP contribution in [-0.2, 0) is 9.59 Å². The second kappa shape index (κ2) is 9.30. The van der Waals surface area contributed by atoms with E-state index >= 15 is 0 Å². The highest BCUT2D eigenvalue weighted by molar-refractivity contribution is 6.35. The van der Waals surface area contributed by atoms with Gasteiger partial charge >= 0.3 is 0 Å². The fourth-order valence-electron chi connectivity index (χ4n) is 2.83. The van der Waals surface area contributed by atoms with Crippen molar-refractivity contribution in [3.8, 4) is 5.75 Å². The van der Waals surface area contributed by atoms with Gasteiger partial charge in [-0.2, -0.15) is 0 Å². The molecule has 1 saturated heterocycles. The summed E-state index contributed by atoms with van der Waals surface area (Å²) in [6.45, 7) is 5.70. The van der Waals surface area contributed by atoms with Gasteiger partial charge in [0.2, 0.25) is 5.91 Å². The first-order valence-corrected chi connectivity index (χ1v) is 9.29. The molecule has 0 aliphatic carbocycles. The van der Waals surface area contributed by atoms with Crippen molar-refractivity contribution in [2.24, 2.45) is 5.92 Å². The summed E-state index contributed by atoms with van der Waals surface area (Å²) in [4.78, 5) is 26.2. The lowest BCUT2D eigenvalue weighted by molar-refractivity contribution is -0.133. The number of piperidine rings is 1. The minimum absolute atomic E-state index is 0.0844. The van der Waals surface area contributed by atoms with Gasteiger partial charge in [0.15, 0.2) is 6.10 Å². The van der Waals surface area contributed by atoms with Gasteiger partial charge in [-0.15, -0.1) is 0 Å². The quantitative estimate of drug-likeness (QED) is 0.813. The van der Waals surface area contributed by atoms with E-state index in [1.807, 2.05) is 4.90 Å². The Labute approximate surface area is 158 Å². The fourth-order valence-corrected chi connectivity index (χ4v) is 3.28. The zero-order valence-corrected chi connectivity index (χ0v) is 16.1. The number of nitrogens with zero attached hydrogens (tertiary/aromatic N) is 1. The van der Waals surface area contributed by atoms with E-state index in [0.29, 0.717) is 34.7 Å². The highest BCUT2D eigenvalue weighted by Crippen LogP contribution is 2.28. The molecule has 1 aliphatic heterocycles. The highest BCUT2D eigenvalue weighted by Gasteiger charge is 2.21. The maximum atomic E-state index is 12.2. The minimum atomic E-state index is -0.719. The monoisotopic (exact) mass is 386 g/mol.